The summed E-state index contributed by atoms with van der Waals surface area (Å²) in [6.45, 7) is 5.02. The van der Waals surface area contributed by atoms with E-state index in [9.17, 15) is 4.79 Å². The van der Waals surface area contributed by atoms with Gasteiger partial charge in [0, 0.05) is 31.7 Å². The molecule has 0 aromatic carbocycles. The minimum Gasteiger partial charge on any atom is -0.459 e. The van der Waals surface area contributed by atoms with Gasteiger partial charge < -0.3 is 13.8 Å². The van der Waals surface area contributed by atoms with Crippen molar-refractivity contribution in [3.8, 4) is 11.7 Å². The monoisotopic (exact) mass is 341 g/mol. The van der Waals surface area contributed by atoms with E-state index in [4.69, 9.17) is 8.94 Å². The Morgan fingerprint density at radius 2 is 2.20 bits per heavy atom. The molecular weight excluding hydrogens is 322 g/mol. The van der Waals surface area contributed by atoms with E-state index >= 15 is 0 Å². The van der Waals surface area contributed by atoms with Crippen LogP contribution in [0.1, 0.15) is 39.9 Å². The van der Waals surface area contributed by atoms with Crippen LogP contribution in [-0.2, 0) is 7.05 Å². The van der Waals surface area contributed by atoms with Crippen LogP contribution < -0.4 is 0 Å². The lowest BCUT2D eigenvalue weighted by molar-refractivity contribution is 0.0789. The first-order valence-corrected chi connectivity index (χ1v) is 8.21. The van der Waals surface area contributed by atoms with Crippen molar-refractivity contribution in [2.24, 2.45) is 7.05 Å². The van der Waals surface area contributed by atoms with Gasteiger partial charge in [0.05, 0.1) is 17.5 Å². The van der Waals surface area contributed by atoms with Crippen LogP contribution in [0.3, 0.4) is 0 Å². The predicted molar refractivity (Wildman–Crippen MR) is 87.9 cm³/mol. The number of hydrogen-bond acceptors (Lipinski definition) is 6. The van der Waals surface area contributed by atoms with Crippen molar-refractivity contribution in [1.29, 1.82) is 0 Å². The number of rotatable bonds is 3. The molecule has 0 bridgehead atoms. The van der Waals surface area contributed by atoms with Crippen molar-refractivity contribution in [3.05, 3.63) is 41.2 Å². The molecule has 1 amide bonds. The van der Waals surface area contributed by atoms with Crippen molar-refractivity contribution in [1.82, 2.24) is 24.8 Å². The van der Waals surface area contributed by atoms with Gasteiger partial charge >= 0.3 is 0 Å². The Bertz CT molecular complexity index is 909. The van der Waals surface area contributed by atoms with Gasteiger partial charge in [-0.3, -0.25) is 9.48 Å². The third-order valence-corrected chi connectivity index (χ3v) is 4.74. The average molecular weight is 341 g/mol. The summed E-state index contributed by atoms with van der Waals surface area (Å²) in [5.74, 6) is 1.60. The molecule has 0 saturated carbocycles. The molecular formula is C17H19N5O3. The van der Waals surface area contributed by atoms with Crippen LogP contribution in [-0.4, -0.2) is 43.8 Å². The zero-order chi connectivity index (χ0) is 17.6. The minimum absolute atomic E-state index is 0.0142. The number of amides is 1. The van der Waals surface area contributed by atoms with Crippen LogP contribution in [0.25, 0.3) is 11.7 Å². The topological polar surface area (TPSA) is 90.2 Å². The smallest absolute Gasteiger partial charge is 0.293 e. The van der Waals surface area contributed by atoms with Crippen LogP contribution in [0.15, 0.2) is 27.3 Å². The van der Waals surface area contributed by atoms with Gasteiger partial charge in [-0.1, -0.05) is 5.16 Å². The molecule has 8 nitrogen and oxygen atoms in total. The Hall–Kier alpha value is -2.90. The number of carbonyl (C=O) groups is 1. The molecule has 4 rings (SSSR count). The van der Waals surface area contributed by atoms with Gasteiger partial charge in [0.25, 0.3) is 11.8 Å². The summed E-state index contributed by atoms with van der Waals surface area (Å²) < 4.78 is 12.3. The van der Waals surface area contributed by atoms with E-state index in [2.05, 4.69) is 15.2 Å². The lowest BCUT2D eigenvalue weighted by Gasteiger charge is -2.16. The first-order valence-electron chi connectivity index (χ1n) is 8.21. The van der Waals surface area contributed by atoms with Gasteiger partial charge in [-0.25, -0.2) is 0 Å². The summed E-state index contributed by atoms with van der Waals surface area (Å²) in [6.07, 6.45) is 2.37. The fourth-order valence-electron chi connectivity index (χ4n) is 3.30. The van der Waals surface area contributed by atoms with E-state index in [0.29, 0.717) is 36.1 Å². The van der Waals surface area contributed by atoms with E-state index in [-0.39, 0.29) is 11.8 Å². The first-order chi connectivity index (χ1) is 12.0. The fraction of sp³-hybridized carbons (Fsp3) is 0.412. The molecule has 0 aliphatic carbocycles. The largest absolute Gasteiger partial charge is 0.459 e. The van der Waals surface area contributed by atoms with E-state index in [0.717, 1.165) is 17.8 Å². The quantitative estimate of drug-likeness (QED) is 0.726. The molecule has 0 radical (unpaired) electrons. The maximum absolute atomic E-state index is 12.9. The molecule has 0 N–H and O–H groups in total. The molecule has 3 aromatic heterocycles. The number of aromatic nitrogens is 4. The molecule has 25 heavy (non-hydrogen) atoms. The highest BCUT2D eigenvalue weighted by atomic mass is 16.5. The standard InChI is InChI=1S/C17H19N5O3/c1-10-14(11(2)21(3)19-10)17(23)22-7-6-12(9-22)15-18-16(25-20-15)13-5-4-8-24-13/h4-5,8,12H,6-7,9H2,1-3H3/t12-/m1/s1. The van der Waals surface area contributed by atoms with Crippen LogP contribution in [0.5, 0.6) is 0 Å². The number of furan rings is 1. The van der Waals surface area contributed by atoms with E-state index in [1.165, 1.54) is 0 Å². The van der Waals surface area contributed by atoms with E-state index in [1.54, 1.807) is 23.1 Å². The second kappa shape index (κ2) is 5.87. The molecule has 1 aliphatic heterocycles. The lowest BCUT2D eigenvalue weighted by Crippen LogP contribution is -2.29. The number of aryl methyl sites for hydroxylation is 2. The van der Waals surface area contributed by atoms with Crippen LogP contribution >= 0.6 is 0 Å². The summed E-state index contributed by atoms with van der Waals surface area (Å²) in [5.41, 5.74) is 2.33. The normalized spacial score (nSPS) is 17.4. The van der Waals surface area contributed by atoms with Crippen LogP contribution in [0.4, 0.5) is 0 Å². The summed E-state index contributed by atoms with van der Waals surface area (Å²) in [5, 5.41) is 8.39. The average Bonchev–Trinajstić information content (AvgIpc) is 3.35. The van der Waals surface area contributed by atoms with Crippen molar-refractivity contribution < 1.29 is 13.7 Å². The van der Waals surface area contributed by atoms with Gasteiger partial charge in [-0.2, -0.15) is 10.1 Å². The maximum atomic E-state index is 12.9. The molecule has 0 spiro atoms. The Balaban J connectivity index is 1.51. The van der Waals surface area contributed by atoms with Gasteiger partial charge in [0.2, 0.25) is 0 Å². The zero-order valence-electron chi connectivity index (χ0n) is 14.4. The fourth-order valence-corrected chi connectivity index (χ4v) is 3.30. The molecule has 1 saturated heterocycles. The van der Waals surface area contributed by atoms with Crippen molar-refractivity contribution in [2.45, 2.75) is 26.2 Å². The number of likely N-dealkylation sites (tertiary alicyclic amines) is 1. The van der Waals surface area contributed by atoms with Crippen LogP contribution in [0, 0.1) is 13.8 Å². The Morgan fingerprint density at radius 1 is 1.36 bits per heavy atom. The predicted octanol–water partition coefficient (Wildman–Crippen LogP) is 2.31. The third-order valence-electron chi connectivity index (χ3n) is 4.74. The third kappa shape index (κ3) is 2.63. The molecule has 1 aliphatic rings. The zero-order valence-corrected chi connectivity index (χ0v) is 14.4. The second-order valence-corrected chi connectivity index (χ2v) is 6.34. The van der Waals surface area contributed by atoms with Crippen molar-refractivity contribution in [3.63, 3.8) is 0 Å². The molecule has 3 aromatic rings. The molecule has 1 fully saturated rings. The Morgan fingerprint density at radius 3 is 2.88 bits per heavy atom. The van der Waals surface area contributed by atoms with E-state index in [1.807, 2.05) is 25.8 Å². The number of hydrogen-bond donors (Lipinski definition) is 0. The van der Waals surface area contributed by atoms with Gasteiger partial charge in [-0.15, -0.1) is 0 Å². The highest BCUT2D eigenvalue weighted by Gasteiger charge is 2.33. The first kappa shape index (κ1) is 15.6. The molecule has 0 unspecified atom stereocenters. The summed E-state index contributed by atoms with van der Waals surface area (Å²) >= 11 is 0. The number of carbonyl (C=O) groups excluding carboxylic acids is 1. The van der Waals surface area contributed by atoms with Crippen molar-refractivity contribution in [2.75, 3.05) is 13.1 Å². The van der Waals surface area contributed by atoms with Gasteiger partial charge in [0.1, 0.15) is 0 Å². The molecule has 8 heteroatoms. The summed E-state index contributed by atoms with van der Waals surface area (Å²) in [7, 11) is 1.85. The second-order valence-electron chi connectivity index (χ2n) is 6.34. The van der Waals surface area contributed by atoms with Gasteiger partial charge in [0.15, 0.2) is 11.6 Å². The van der Waals surface area contributed by atoms with Crippen LogP contribution in [0.2, 0.25) is 0 Å². The molecule has 1 atom stereocenters. The maximum Gasteiger partial charge on any atom is 0.293 e. The highest BCUT2D eigenvalue weighted by Crippen LogP contribution is 2.29. The summed E-state index contributed by atoms with van der Waals surface area (Å²) in [4.78, 5) is 19.1. The van der Waals surface area contributed by atoms with Crippen molar-refractivity contribution >= 4 is 5.91 Å². The number of nitrogens with zero attached hydrogens (tertiary/aromatic N) is 5. The molecule has 130 valence electrons. The highest BCUT2D eigenvalue weighted by molar-refractivity contribution is 5.96. The lowest BCUT2D eigenvalue weighted by atomic mass is 10.1. The Kier molecular flexibility index (Phi) is 3.67. The van der Waals surface area contributed by atoms with E-state index < -0.39 is 0 Å². The summed E-state index contributed by atoms with van der Waals surface area (Å²) in [6, 6.07) is 3.55. The molecule has 4 heterocycles. The SMILES string of the molecule is Cc1nn(C)c(C)c1C(=O)N1CC[C@@H](c2noc(-c3ccco3)n2)C1. The van der Waals surface area contributed by atoms with Gasteiger partial charge in [-0.05, 0) is 32.4 Å². The Labute approximate surface area is 144 Å². The minimum atomic E-state index is 0.0142.